The first-order valence-corrected chi connectivity index (χ1v) is 7.74. The van der Waals surface area contributed by atoms with E-state index in [1.807, 2.05) is 0 Å². The zero-order valence-electron chi connectivity index (χ0n) is 14.3. The van der Waals surface area contributed by atoms with Crippen LogP contribution in [0.1, 0.15) is 32.6 Å². The molecule has 148 valence electrons. The summed E-state index contributed by atoms with van der Waals surface area (Å²) in [5, 5.41) is 41.9. The van der Waals surface area contributed by atoms with E-state index < -0.39 is 30.6 Å². The minimum Gasteiger partial charge on any atom is -0.481 e. The minimum atomic E-state index is -1.39. The molecule has 0 amide bonds. The molecule has 0 aromatic heterocycles. The van der Waals surface area contributed by atoms with Crippen LogP contribution in [0, 0.1) is 5.41 Å². The number of hydrogen-bond donors (Lipinski definition) is 5. The molecular formula is C15H28O10. The van der Waals surface area contributed by atoms with E-state index in [4.69, 9.17) is 35.0 Å². The first kappa shape index (κ1) is 25.5. The average molecular weight is 368 g/mol. The molecule has 0 saturated heterocycles. The summed E-state index contributed by atoms with van der Waals surface area (Å²) in [5.74, 6) is -2.39. The highest BCUT2D eigenvalue weighted by Crippen LogP contribution is 2.12. The molecular weight excluding hydrogens is 340 g/mol. The third-order valence-corrected chi connectivity index (χ3v) is 2.96. The van der Waals surface area contributed by atoms with Gasteiger partial charge < -0.3 is 35.0 Å². The maximum atomic E-state index is 11.0. The number of carboxylic acids is 2. The Morgan fingerprint density at radius 1 is 0.880 bits per heavy atom. The van der Waals surface area contributed by atoms with Crippen LogP contribution in [0.15, 0.2) is 0 Å². The van der Waals surface area contributed by atoms with Crippen molar-refractivity contribution < 1.29 is 49.4 Å². The Bertz CT molecular complexity index is 379. The standard InChI is InChI=1S/C10H18O6.C5H10O4/c11-5-6-15-7-8-16-10(14)4-2-1-3-9(12)13;1-5(2-6,3-7)4(8)9/h11H,1-8H2,(H,12,13);6-7H,2-3H2,1H3,(H,8,9). The molecule has 0 rings (SSSR count). The predicted molar refractivity (Wildman–Crippen MR) is 84.9 cm³/mol. The average Bonchev–Trinajstić information content (AvgIpc) is 2.58. The summed E-state index contributed by atoms with van der Waals surface area (Å²) in [6, 6.07) is 0. The number of aliphatic hydroxyl groups excluding tert-OH is 3. The molecule has 0 spiro atoms. The van der Waals surface area contributed by atoms with Gasteiger partial charge in [0.1, 0.15) is 12.0 Å². The van der Waals surface area contributed by atoms with Gasteiger partial charge in [-0.1, -0.05) is 0 Å². The Labute approximate surface area is 146 Å². The van der Waals surface area contributed by atoms with Crippen LogP contribution < -0.4 is 0 Å². The SMILES string of the molecule is CC(CO)(CO)C(=O)O.O=C(O)CCCCC(=O)OCCOCCO. The quantitative estimate of drug-likeness (QED) is 0.206. The van der Waals surface area contributed by atoms with Crippen LogP contribution in [0.2, 0.25) is 0 Å². The van der Waals surface area contributed by atoms with Gasteiger partial charge in [0.2, 0.25) is 0 Å². The van der Waals surface area contributed by atoms with E-state index in [1.165, 1.54) is 6.92 Å². The van der Waals surface area contributed by atoms with E-state index in [1.54, 1.807) is 0 Å². The highest BCUT2D eigenvalue weighted by atomic mass is 16.6. The number of aliphatic carboxylic acids is 2. The van der Waals surface area contributed by atoms with Crippen LogP contribution in [0.25, 0.3) is 0 Å². The Morgan fingerprint density at radius 2 is 1.44 bits per heavy atom. The third kappa shape index (κ3) is 15.5. The lowest BCUT2D eigenvalue weighted by Gasteiger charge is -2.17. The molecule has 25 heavy (non-hydrogen) atoms. The minimum absolute atomic E-state index is 0.0524. The fraction of sp³-hybridized carbons (Fsp3) is 0.800. The largest absolute Gasteiger partial charge is 0.481 e. The van der Waals surface area contributed by atoms with Crippen molar-refractivity contribution in [2.75, 3.05) is 39.6 Å². The van der Waals surface area contributed by atoms with Gasteiger partial charge in [-0.25, -0.2) is 0 Å². The second-order valence-corrected chi connectivity index (χ2v) is 5.34. The van der Waals surface area contributed by atoms with Gasteiger partial charge in [-0.05, 0) is 19.8 Å². The van der Waals surface area contributed by atoms with E-state index in [9.17, 15) is 14.4 Å². The number of ether oxygens (including phenoxy) is 2. The summed E-state index contributed by atoms with van der Waals surface area (Å²) in [6.45, 7) is 0.797. The lowest BCUT2D eigenvalue weighted by Crippen LogP contribution is -2.35. The second kappa shape index (κ2) is 15.8. The topological polar surface area (TPSA) is 171 Å². The van der Waals surface area contributed by atoms with Crippen molar-refractivity contribution in [2.24, 2.45) is 5.41 Å². The Kier molecular flexibility index (Phi) is 16.1. The molecule has 0 aromatic carbocycles. The van der Waals surface area contributed by atoms with Gasteiger partial charge in [0.15, 0.2) is 0 Å². The third-order valence-electron chi connectivity index (χ3n) is 2.96. The number of carbonyl (C=O) groups is 3. The summed E-state index contributed by atoms with van der Waals surface area (Å²) >= 11 is 0. The molecule has 0 aromatic rings. The fourth-order valence-electron chi connectivity index (χ4n) is 1.18. The molecule has 0 saturated carbocycles. The Hall–Kier alpha value is -1.75. The number of carbonyl (C=O) groups excluding carboxylic acids is 1. The maximum absolute atomic E-state index is 11.0. The molecule has 0 aliphatic carbocycles. The number of esters is 1. The van der Waals surface area contributed by atoms with Crippen molar-refractivity contribution in [3.05, 3.63) is 0 Å². The van der Waals surface area contributed by atoms with E-state index in [0.717, 1.165) is 0 Å². The molecule has 0 aliphatic heterocycles. The van der Waals surface area contributed by atoms with Crippen molar-refractivity contribution in [3.63, 3.8) is 0 Å². The maximum Gasteiger partial charge on any atom is 0.314 e. The van der Waals surface area contributed by atoms with Gasteiger partial charge in [0.05, 0.1) is 33.0 Å². The molecule has 0 bridgehead atoms. The second-order valence-electron chi connectivity index (χ2n) is 5.34. The van der Waals surface area contributed by atoms with Crippen LogP contribution in [0.5, 0.6) is 0 Å². The Balaban J connectivity index is 0. The van der Waals surface area contributed by atoms with E-state index in [2.05, 4.69) is 0 Å². The van der Waals surface area contributed by atoms with Crippen molar-refractivity contribution in [1.82, 2.24) is 0 Å². The van der Waals surface area contributed by atoms with E-state index >= 15 is 0 Å². The Morgan fingerprint density at radius 3 is 1.84 bits per heavy atom. The van der Waals surface area contributed by atoms with Gasteiger partial charge in [-0.15, -0.1) is 0 Å². The predicted octanol–water partition coefficient (Wildman–Crippen LogP) is -0.755. The van der Waals surface area contributed by atoms with Crippen LogP contribution >= 0.6 is 0 Å². The van der Waals surface area contributed by atoms with E-state index in [-0.39, 0.29) is 45.2 Å². The zero-order valence-corrected chi connectivity index (χ0v) is 14.3. The lowest BCUT2D eigenvalue weighted by molar-refractivity contribution is -0.153. The van der Waals surface area contributed by atoms with Crippen LogP contribution in [0.4, 0.5) is 0 Å². The molecule has 0 fully saturated rings. The highest BCUT2D eigenvalue weighted by Gasteiger charge is 2.31. The van der Waals surface area contributed by atoms with E-state index in [0.29, 0.717) is 12.8 Å². The molecule has 0 atom stereocenters. The number of aliphatic hydroxyl groups is 3. The normalized spacial score (nSPS) is 10.6. The van der Waals surface area contributed by atoms with Gasteiger partial charge in [0, 0.05) is 12.8 Å². The van der Waals surface area contributed by atoms with Crippen LogP contribution in [-0.4, -0.2) is 83.1 Å². The fourth-order valence-corrected chi connectivity index (χ4v) is 1.18. The number of carboxylic acid groups (broad SMARTS) is 2. The van der Waals surface area contributed by atoms with Crippen LogP contribution in [-0.2, 0) is 23.9 Å². The monoisotopic (exact) mass is 368 g/mol. The molecule has 5 N–H and O–H groups in total. The lowest BCUT2D eigenvalue weighted by atomic mass is 9.94. The number of hydrogen-bond acceptors (Lipinski definition) is 8. The number of rotatable bonds is 13. The van der Waals surface area contributed by atoms with Crippen molar-refractivity contribution >= 4 is 17.9 Å². The summed E-state index contributed by atoms with van der Waals surface area (Å²) in [4.78, 5) is 31.4. The smallest absolute Gasteiger partial charge is 0.314 e. The van der Waals surface area contributed by atoms with Gasteiger partial charge >= 0.3 is 17.9 Å². The summed E-state index contributed by atoms with van der Waals surface area (Å²) in [7, 11) is 0. The molecule has 10 heteroatoms. The summed E-state index contributed by atoms with van der Waals surface area (Å²) in [5.41, 5.74) is -1.39. The van der Waals surface area contributed by atoms with Crippen molar-refractivity contribution in [1.29, 1.82) is 0 Å². The first-order chi connectivity index (χ1) is 11.7. The molecule has 0 unspecified atom stereocenters. The molecule has 0 radical (unpaired) electrons. The summed E-state index contributed by atoms with van der Waals surface area (Å²) in [6.07, 6.45) is 1.30. The molecule has 0 heterocycles. The first-order valence-electron chi connectivity index (χ1n) is 7.74. The zero-order chi connectivity index (χ0) is 19.7. The summed E-state index contributed by atoms with van der Waals surface area (Å²) < 4.78 is 9.69. The van der Waals surface area contributed by atoms with Crippen LogP contribution in [0.3, 0.4) is 0 Å². The van der Waals surface area contributed by atoms with Crippen molar-refractivity contribution in [3.8, 4) is 0 Å². The van der Waals surface area contributed by atoms with Gasteiger partial charge in [-0.2, -0.15) is 0 Å². The highest BCUT2D eigenvalue weighted by molar-refractivity contribution is 5.74. The number of unbranched alkanes of at least 4 members (excludes halogenated alkanes) is 1. The molecule has 0 aliphatic rings. The molecule has 10 nitrogen and oxygen atoms in total. The van der Waals surface area contributed by atoms with Crippen molar-refractivity contribution in [2.45, 2.75) is 32.6 Å². The van der Waals surface area contributed by atoms with Gasteiger partial charge in [0.25, 0.3) is 0 Å². The van der Waals surface area contributed by atoms with Gasteiger partial charge in [-0.3, -0.25) is 14.4 Å².